The van der Waals surface area contributed by atoms with Crippen LogP contribution in [0.3, 0.4) is 0 Å². The Morgan fingerprint density at radius 2 is 0.760 bits per heavy atom. The third-order valence-electron chi connectivity index (χ3n) is 10.9. The zero-order valence-electron chi connectivity index (χ0n) is 30.1. The molecule has 50 heavy (non-hydrogen) atoms. The molecule has 260 valence electrons. The van der Waals surface area contributed by atoms with E-state index >= 15 is 0 Å². The van der Waals surface area contributed by atoms with E-state index in [1.54, 1.807) is 17.4 Å². The van der Waals surface area contributed by atoms with Gasteiger partial charge in [0.15, 0.2) is 0 Å². The first-order valence-electron chi connectivity index (χ1n) is 19.8. The van der Waals surface area contributed by atoms with Crippen molar-refractivity contribution in [3.05, 3.63) is 69.5 Å². The van der Waals surface area contributed by atoms with Gasteiger partial charge < -0.3 is 0 Å². The van der Waals surface area contributed by atoms with Crippen LogP contribution in [0.2, 0.25) is 0 Å². The number of aryl methyl sites for hydroxylation is 2. The quantitative estimate of drug-likeness (QED) is 0.0597. The monoisotopic (exact) mass is 828 g/mol. The molecular weight excluding hydrogens is 775 g/mol. The van der Waals surface area contributed by atoms with E-state index in [1.807, 2.05) is 22.7 Å². The van der Waals surface area contributed by atoms with Crippen LogP contribution in [-0.4, -0.2) is 29.0 Å². The van der Waals surface area contributed by atoms with Gasteiger partial charge in [0.2, 0.25) is 0 Å². The summed E-state index contributed by atoms with van der Waals surface area (Å²) >= 11 is 5.02. The molecule has 0 saturated heterocycles. The maximum atomic E-state index is 2.54. The normalized spacial score (nSPS) is 12.4. The van der Waals surface area contributed by atoms with Crippen molar-refractivity contribution < 1.29 is 0 Å². The summed E-state index contributed by atoms with van der Waals surface area (Å²) in [5.41, 5.74) is 0. The van der Waals surface area contributed by atoms with Crippen LogP contribution in [0.1, 0.15) is 125 Å². The number of hydrogen-bond acceptors (Lipinski definition) is 2. The number of rotatable bonds is 18. The zero-order chi connectivity index (χ0) is 33.9. The molecule has 0 radical (unpaired) electrons. The van der Waals surface area contributed by atoms with Gasteiger partial charge in [-0.2, -0.15) is 0 Å². The fourth-order valence-electron chi connectivity index (χ4n) is 8.05. The second-order valence-corrected chi connectivity index (χ2v) is 21.9. The van der Waals surface area contributed by atoms with Gasteiger partial charge in [-0.1, -0.05) is 0 Å². The molecule has 4 heteroatoms. The first kappa shape index (κ1) is 35.1. The third kappa shape index (κ3) is 7.73. The fraction of sp³-hybridized carbons (Fsp3) is 0.435. The summed E-state index contributed by atoms with van der Waals surface area (Å²) < 4.78 is 12.5. The predicted molar refractivity (Wildman–Crippen MR) is 231 cm³/mol. The van der Waals surface area contributed by atoms with Gasteiger partial charge in [0.25, 0.3) is 0 Å². The molecule has 0 atom stereocenters. The Kier molecular flexibility index (Phi) is 11.5. The molecule has 4 aromatic heterocycles. The van der Waals surface area contributed by atoms with Crippen molar-refractivity contribution in [1.82, 2.24) is 0 Å². The van der Waals surface area contributed by atoms with E-state index in [1.165, 1.54) is 177 Å². The Balaban J connectivity index is 0.991. The number of fused-ring (bicyclic) bond motifs is 9. The average molecular weight is 827 g/mol. The molecule has 0 aliphatic heterocycles. The van der Waals surface area contributed by atoms with Gasteiger partial charge in [0.05, 0.1) is 0 Å². The van der Waals surface area contributed by atoms with Crippen LogP contribution in [0.15, 0.2) is 60.7 Å². The topological polar surface area (TPSA) is 0 Å². The van der Waals surface area contributed by atoms with Gasteiger partial charge in [-0.3, -0.25) is 0 Å². The van der Waals surface area contributed by atoms with Crippen LogP contribution >= 0.6 is 22.7 Å². The minimum absolute atomic E-state index is 0.497. The van der Waals surface area contributed by atoms with Crippen molar-refractivity contribution >= 4 is 122 Å². The summed E-state index contributed by atoms with van der Waals surface area (Å²) in [4.78, 5) is 0. The SMILES string of the molecule is CCCCCCCCCCc1cc2cc3cc4c(cc3cc2[se]1)sc1c2cc3cc5cc(CCCCCCCCCC)[se]c5cc3cc2sc41. The molecular formula is C46H52S2Se2. The van der Waals surface area contributed by atoms with Crippen molar-refractivity contribution in [3.8, 4) is 0 Å². The molecule has 0 aliphatic rings. The van der Waals surface area contributed by atoms with Crippen molar-refractivity contribution in [1.29, 1.82) is 0 Å². The van der Waals surface area contributed by atoms with Gasteiger partial charge >= 0.3 is 321 Å². The van der Waals surface area contributed by atoms with Crippen molar-refractivity contribution in [2.75, 3.05) is 0 Å². The summed E-state index contributed by atoms with van der Waals surface area (Å²) in [6.45, 7) is 4.61. The Bertz CT molecular complexity index is 2210. The van der Waals surface area contributed by atoms with Gasteiger partial charge in [-0.25, -0.2) is 0 Å². The molecule has 0 amide bonds. The van der Waals surface area contributed by atoms with Crippen LogP contribution in [-0.2, 0) is 12.8 Å². The van der Waals surface area contributed by atoms with E-state index < -0.39 is 0 Å². The molecule has 0 spiro atoms. The summed E-state index contributed by atoms with van der Waals surface area (Å²) in [7, 11) is 0. The van der Waals surface area contributed by atoms with Crippen LogP contribution in [0, 0.1) is 0 Å². The number of benzene rings is 4. The molecule has 4 heterocycles. The average Bonchev–Trinajstić information content (AvgIpc) is 3.88. The first-order chi connectivity index (χ1) is 24.7. The van der Waals surface area contributed by atoms with E-state index in [9.17, 15) is 0 Å². The predicted octanol–water partition coefficient (Wildman–Crippen LogP) is 15.4. The molecule has 0 aliphatic carbocycles. The summed E-state index contributed by atoms with van der Waals surface area (Å²) in [5.74, 6) is 0. The van der Waals surface area contributed by atoms with E-state index in [0.29, 0.717) is 29.0 Å². The van der Waals surface area contributed by atoms with Crippen LogP contribution in [0.5, 0.6) is 0 Å². The van der Waals surface area contributed by atoms with Crippen LogP contribution in [0.4, 0.5) is 0 Å². The van der Waals surface area contributed by atoms with Gasteiger partial charge in [-0.05, 0) is 0 Å². The Morgan fingerprint density at radius 1 is 0.380 bits per heavy atom. The molecule has 0 bridgehead atoms. The van der Waals surface area contributed by atoms with Crippen molar-refractivity contribution in [3.63, 3.8) is 0 Å². The Hall–Kier alpha value is -1.90. The third-order valence-corrected chi connectivity index (χ3v) is 18.3. The summed E-state index contributed by atoms with van der Waals surface area (Å²) in [5, 5.41) is 11.6. The Labute approximate surface area is 318 Å². The molecule has 0 N–H and O–H groups in total. The van der Waals surface area contributed by atoms with E-state index in [0.717, 1.165) is 0 Å². The molecule has 0 nitrogen and oxygen atoms in total. The maximum absolute atomic E-state index is 2.54. The second-order valence-electron chi connectivity index (χ2n) is 14.9. The van der Waals surface area contributed by atoms with Gasteiger partial charge in [0.1, 0.15) is 0 Å². The summed E-state index contributed by atoms with van der Waals surface area (Å²) in [6.07, 6.45) is 25.0. The molecule has 0 unspecified atom stereocenters. The van der Waals surface area contributed by atoms with Gasteiger partial charge in [0, 0.05) is 0 Å². The Morgan fingerprint density at radius 3 is 1.18 bits per heavy atom. The first-order valence-corrected chi connectivity index (χ1v) is 24.8. The molecule has 0 fully saturated rings. The van der Waals surface area contributed by atoms with E-state index in [4.69, 9.17) is 0 Å². The van der Waals surface area contributed by atoms with E-state index in [2.05, 4.69) is 74.5 Å². The van der Waals surface area contributed by atoms with E-state index in [-0.39, 0.29) is 0 Å². The number of unbranched alkanes of at least 4 members (excludes halogenated alkanes) is 14. The zero-order valence-corrected chi connectivity index (χ0v) is 35.2. The molecule has 4 aromatic carbocycles. The number of thiophene rings is 2. The fourth-order valence-corrected chi connectivity index (χ4v) is 15.5. The standard InChI is InChI=1S/C46H52S2Se2/c1-3-5-7-9-11-13-15-17-19-37-23-35-21-31-25-39-41(27-33(31)29-43(35)49-37)47-46-40-26-32-22-36-24-38(20-18-16-14-12-10-8-6-4-2)50-44(36)30-34(32)28-42(40)48-45(39)46/h21-30H,3-20H2,1-2H3. The van der Waals surface area contributed by atoms with Crippen molar-refractivity contribution in [2.45, 2.75) is 129 Å². The second kappa shape index (κ2) is 16.4. The van der Waals surface area contributed by atoms with Crippen LogP contribution < -0.4 is 0 Å². The minimum atomic E-state index is 0.497. The van der Waals surface area contributed by atoms with Crippen LogP contribution in [0.25, 0.3) is 70.4 Å². The molecule has 0 saturated carbocycles. The number of hydrogen-bond donors (Lipinski definition) is 0. The van der Waals surface area contributed by atoms with Crippen molar-refractivity contribution in [2.24, 2.45) is 0 Å². The summed E-state index contributed by atoms with van der Waals surface area (Å²) in [6, 6.07) is 25.1. The molecule has 8 aromatic rings. The van der Waals surface area contributed by atoms with Gasteiger partial charge in [-0.15, -0.1) is 0 Å². The molecule has 8 rings (SSSR count).